The third-order valence-electron chi connectivity index (χ3n) is 3.28. The summed E-state index contributed by atoms with van der Waals surface area (Å²) in [6.45, 7) is 3.35. The van der Waals surface area contributed by atoms with Gasteiger partial charge in [-0.25, -0.2) is 4.39 Å². The lowest BCUT2D eigenvalue weighted by Crippen LogP contribution is -2.30. The molecule has 1 aromatic rings. The quantitative estimate of drug-likeness (QED) is 0.795. The molecule has 0 aromatic heterocycles. The van der Waals surface area contributed by atoms with Crippen LogP contribution in [0.5, 0.6) is 0 Å². The van der Waals surface area contributed by atoms with Crippen molar-refractivity contribution in [1.29, 1.82) is 0 Å². The van der Waals surface area contributed by atoms with Crippen LogP contribution in [0.2, 0.25) is 0 Å². The van der Waals surface area contributed by atoms with E-state index in [0.717, 1.165) is 32.0 Å². The van der Waals surface area contributed by atoms with E-state index in [0.29, 0.717) is 12.2 Å². The van der Waals surface area contributed by atoms with Crippen molar-refractivity contribution in [2.45, 2.75) is 25.9 Å². The normalized spacial score (nSPS) is 20.4. The van der Waals surface area contributed by atoms with Gasteiger partial charge in [0.1, 0.15) is 5.82 Å². The van der Waals surface area contributed by atoms with Gasteiger partial charge in [0.15, 0.2) is 0 Å². The predicted molar refractivity (Wildman–Crippen MR) is 66.3 cm³/mol. The first-order valence-corrected chi connectivity index (χ1v) is 6.38. The fraction of sp³-hybridized carbons (Fsp3) is 0.571. The first-order chi connectivity index (χ1) is 8.36. The van der Waals surface area contributed by atoms with Gasteiger partial charge in [0.2, 0.25) is 0 Å². The van der Waals surface area contributed by atoms with Crippen LogP contribution in [0, 0.1) is 11.7 Å². The Bertz CT molecular complexity index is 337. The summed E-state index contributed by atoms with van der Waals surface area (Å²) in [5.74, 6) is 0.552. The van der Waals surface area contributed by atoms with Gasteiger partial charge in [0.05, 0.1) is 6.61 Å². The molecule has 1 fully saturated rings. The highest BCUT2D eigenvalue weighted by Crippen LogP contribution is 2.14. The van der Waals surface area contributed by atoms with Crippen molar-refractivity contribution in [2.24, 2.45) is 5.92 Å². The number of ether oxygens (including phenoxy) is 1. The van der Waals surface area contributed by atoms with Crippen molar-refractivity contribution in [2.75, 3.05) is 19.7 Å². The van der Waals surface area contributed by atoms with Crippen LogP contribution in [0.15, 0.2) is 24.3 Å². The first kappa shape index (κ1) is 12.5. The number of halogens is 1. The maximum absolute atomic E-state index is 13.3. The van der Waals surface area contributed by atoms with Crippen LogP contribution in [0.1, 0.15) is 24.8 Å². The minimum Gasteiger partial charge on any atom is -0.377 e. The monoisotopic (exact) mass is 237 g/mol. The van der Waals surface area contributed by atoms with E-state index in [1.54, 1.807) is 12.1 Å². The van der Waals surface area contributed by atoms with Crippen molar-refractivity contribution >= 4 is 0 Å². The zero-order valence-corrected chi connectivity index (χ0v) is 10.1. The molecule has 1 atom stereocenters. The zero-order chi connectivity index (χ0) is 11.9. The fourth-order valence-corrected chi connectivity index (χ4v) is 2.22. The lowest BCUT2D eigenvalue weighted by atomic mass is 9.97. The number of nitrogens with one attached hydrogen (secondary N) is 1. The topological polar surface area (TPSA) is 21.3 Å². The Morgan fingerprint density at radius 3 is 3.00 bits per heavy atom. The molecule has 1 aliphatic rings. The molecule has 1 saturated heterocycles. The van der Waals surface area contributed by atoms with E-state index in [2.05, 4.69) is 5.32 Å². The molecule has 94 valence electrons. The highest BCUT2D eigenvalue weighted by molar-refractivity contribution is 5.16. The van der Waals surface area contributed by atoms with Gasteiger partial charge in [-0.15, -0.1) is 0 Å². The molecule has 3 heteroatoms. The molecule has 0 amide bonds. The highest BCUT2D eigenvalue weighted by Gasteiger charge is 2.12. The van der Waals surface area contributed by atoms with Crippen LogP contribution in [-0.2, 0) is 11.3 Å². The zero-order valence-electron chi connectivity index (χ0n) is 10.1. The third-order valence-corrected chi connectivity index (χ3v) is 3.28. The summed E-state index contributed by atoms with van der Waals surface area (Å²) >= 11 is 0. The summed E-state index contributed by atoms with van der Waals surface area (Å²) in [5.41, 5.74) is 0.647. The molecule has 0 aliphatic carbocycles. The molecule has 2 nitrogen and oxygen atoms in total. The van der Waals surface area contributed by atoms with E-state index in [9.17, 15) is 4.39 Å². The second kappa shape index (κ2) is 6.72. The van der Waals surface area contributed by atoms with Gasteiger partial charge in [-0.05, 0) is 44.3 Å². The van der Waals surface area contributed by atoms with Crippen LogP contribution in [0.4, 0.5) is 4.39 Å². The molecule has 17 heavy (non-hydrogen) atoms. The summed E-state index contributed by atoms with van der Waals surface area (Å²) in [6, 6.07) is 6.79. The molecule has 0 spiro atoms. The van der Waals surface area contributed by atoms with E-state index in [4.69, 9.17) is 4.74 Å². The van der Waals surface area contributed by atoms with E-state index >= 15 is 0 Å². The molecule has 0 radical (unpaired) electrons. The summed E-state index contributed by atoms with van der Waals surface area (Å²) in [5, 5.41) is 3.39. The van der Waals surface area contributed by atoms with Gasteiger partial charge >= 0.3 is 0 Å². The Hall–Kier alpha value is -0.930. The van der Waals surface area contributed by atoms with Crippen LogP contribution in [-0.4, -0.2) is 19.7 Å². The SMILES string of the molecule is Fc1ccccc1COCCC1CCCNC1. The number of hydrogen-bond acceptors (Lipinski definition) is 2. The molecule has 1 aromatic carbocycles. The van der Waals surface area contributed by atoms with Gasteiger partial charge in [-0.2, -0.15) is 0 Å². The van der Waals surface area contributed by atoms with Crippen LogP contribution >= 0.6 is 0 Å². The van der Waals surface area contributed by atoms with Crippen molar-refractivity contribution in [3.05, 3.63) is 35.6 Å². The molecule has 0 bridgehead atoms. The Balaban J connectivity index is 1.64. The highest BCUT2D eigenvalue weighted by atomic mass is 19.1. The van der Waals surface area contributed by atoms with Gasteiger partial charge < -0.3 is 10.1 Å². The number of piperidine rings is 1. The molecule has 1 heterocycles. The predicted octanol–water partition coefficient (Wildman–Crippen LogP) is 2.73. The van der Waals surface area contributed by atoms with E-state index in [1.165, 1.54) is 18.9 Å². The average molecular weight is 237 g/mol. The van der Waals surface area contributed by atoms with Crippen LogP contribution < -0.4 is 5.32 Å². The standard InChI is InChI=1S/C14H20FNO/c15-14-6-2-1-5-13(14)11-17-9-7-12-4-3-8-16-10-12/h1-2,5-6,12,16H,3-4,7-11H2. The Morgan fingerprint density at radius 2 is 2.24 bits per heavy atom. The number of benzene rings is 1. The molecule has 0 saturated carbocycles. The van der Waals surface area contributed by atoms with E-state index in [1.807, 2.05) is 6.07 Å². The molecular formula is C14H20FNO. The molecular weight excluding hydrogens is 217 g/mol. The van der Waals surface area contributed by atoms with Crippen molar-refractivity contribution in [3.8, 4) is 0 Å². The van der Waals surface area contributed by atoms with E-state index < -0.39 is 0 Å². The Labute approximate surface area is 102 Å². The van der Waals surface area contributed by atoms with Crippen molar-refractivity contribution in [3.63, 3.8) is 0 Å². The average Bonchev–Trinajstić information content (AvgIpc) is 2.38. The first-order valence-electron chi connectivity index (χ1n) is 6.38. The summed E-state index contributed by atoms with van der Waals surface area (Å²) in [6.07, 6.45) is 3.62. The minimum absolute atomic E-state index is 0.174. The molecule has 2 rings (SSSR count). The molecule has 1 aliphatic heterocycles. The summed E-state index contributed by atoms with van der Waals surface area (Å²) in [7, 11) is 0. The fourth-order valence-electron chi connectivity index (χ4n) is 2.22. The van der Waals surface area contributed by atoms with Gasteiger partial charge in [-0.3, -0.25) is 0 Å². The Morgan fingerprint density at radius 1 is 1.35 bits per heavy atom. The van der Waals surface area contributed by atoms with Crippen LogP contribution in [0.3, 0.4) is 0 Å². The second-order valence-corrected chi connectivity index (χ2v) is 4.65. The van der Waals surface area contributed by atoms with E-state index in [-0.39, 0.29) is 5.82 Å². The summed E-state index contributed by atoms with van der Waals surface area (Å²) < 4.78 is 18.8. The van der Waals surface area contributed by atoms with Gasteiger partial charge in [0.25, 0.3) is 0 Å². The summed E-state index contributed by atoms with van der Waals surface area (Å²) in [4.78, 5) is 0. The largest absolute Gasteiger partial charge is 0.377 e. The molecule has 1 unspecified atom stereocenters. The lowest BCUT2D eigenvalue weighted by molar-refractivity contribution is 0.101. The number of rotatable bonds is 5. The third kappa shape index (κ3) is 4.10. The minimum atomic E-state index is -0.174. The van der Waals surface area contributed by atoms with Crippen molar-refractivity contribution in [1.82, 2.24) is 5.32 Å². The maximum Gasteiger partial charge on any atom is 0.128 e. The van der Waals surface area contributed by atoms with Gasteiger partial charge in [-0.1, -0.05) is 18.2 Å². The molecule has 1 N–H and O–H groups in total. The van der Waals surface area contributed by atoms with Crippen LogP contribution in [0.25, 0.3) is 0 Å². The van der Waals surface area contributed by atoms with Crippen molar-refractivity contribution < 1.29 is 9.13 Å². The lowest BCUT2D eigenvalue weighted by Gasteiger charge is -2.22. The second-order valence-electron chi connectivity index (χ2n) is 4.65. The maximum atomic E-state index is 13.3. The smallest absolute Gasteiger partial charge is 0.128 e. The Kier molecular flexibility index (Phi) is 4.95. The number of hydrogen-bond donors (Lipinski definition) is 1. The van der Waals surface area contributed by atoms with Gasteiger partial charge in [0, 0.05) is 12.2 Å².